The second-order valence-electron chi connectivity index (χ2n) is 3.03. The molecule has 0 saturated heterocycles. The SMILES string of the molecule is O=Cc1ncc(C2CC2)cc1F. The van der Waals surface area contributed by atoms with E-state index in [9.17, 15) is 9.18 Å². The van der Waals surface area contributed by atoms with Gasteiger partial charge in [0.2, 0.25) is 0 Å². The van der Waals surface area contributed by atoms with Crippen molar-refractivity contribution in [3.63, 3.8) is 0 Å². The molecule has 0 spiro atoms. The lowest BCUT2D eigenvalue weighted by atomic mass is 10.2. The molecule has 0 aliphatic heterocycles. The van der Waals surface area contributed by atoms with Gasteiger partial charge in [-0.25, -0.2) is 4.39 Å². The predicted molar refractivity (Wildman–Crippen MR) is 41.6 cm³/mol. The van der Waals surface area contributed by atoms with Crippen molar-refractivity contribution < 1.29 is 9.18 Å². The molecule has 2 nitrogen and oxygen atoms in total. The van der Waals surface area contributed by atoms with Gasteiger partial charge in [-0.2, -0.15) is 0 Å². The van der Waals surface area contributed by atoms with Gasteiger partial charge in [0.15, 0.2) is 12.1 Å². The summed E-state index contributed by atoms with van der Waals surface area (Å²) in [6.07, 6.45) is 4.25. The molecule has 1 heterocycles. The molecule has 2 rings (SSSR count). The van der Waals surface area contributed by atoms with Gasteiger partial charge in [0, 0.05) is 6.20 Å². The second-order valence-corrected chi connectivity index (χ2v) is 3.03. The zero-order valence-electron chi connectivity index (χ0n) is 6.46. The Morgan fingerprint density at radius 2 is 2.33 bits per heavy atom. The van der Waals surface area contributed by atoms with Crippen molar-refractivity contribution in [2.24, 2.45) is 0 Å². The van der Waals surface area contributed by atoms with Crippen LogP contribution in [0.1, 0.15) is 34.8 Å². The molecule has 0 radical (unpaired) electrons. The molecule has 12 heavy (non-hydrogen) atoms. The van der Waals surface area contributed by atoms with Gasteiger partial charge in [0.25, 0.3) is 0 Å². The van der Waals surface area contributed by atoms with Crippen LogP contribution in [0.3, 0.4) is 0 Å². The van der Waals surface area contributed by atoms with Crippen LogP contribution in [-0.4, -0.2) is 11.3 Å². The van der Waals surface area contributed by atoms with E-state index in [1.807, 2.05) is 0 Å². The number of carbonyl (C=O) groups is 1. The quantitative estimate of drug-likeness (QED) is 0.626. The molecule has 1 aromatic heterocycles. The summed E-state index contributed by atoms with van der Waals surface area (Å²) in [7, 11) is 0. The van der Waals surface area contributed by atoms with Crippen LogP contribution < -0.4 is 0 Å². The molecule has 1 aromatic rings. The first kappa shape index (κ1) is 7.40. The van der Waals surface area contributed by atoms with Gasteiger partial charge in [-0.15, -0.1) is 0 Å². The van der Waals surface area contributed by atoms with Crippen molar-refractivity contribution in [3.05, 3.63) is 29.3 Å². The Morgan fingerprint density at radius 3 is 2.83 bits per heavy atom. The third-order valence-electron chi connectivity index (χ3n) is 2.05. The van der Waals surface area contributed by atoms with Crippen LogP contribution in [0.2, 0.25) is 0 Å². The molecule has 62 valence electrons. The number of nitrogens with zero attached hydrogens (tertiary/aromatic N) is 1. The fraction of sp³-hybridized carbons (Fsp3) is 0.333. The third kappa shape index (κ3) is 1.22. The van der Waals surface area contributed by atoms with Crippen molar-refractivity contribution >= 4 is 6.29 Å². The van der Waals surface area contributed by atoms with Gasteiger partial charge in [0.1, 0.15) is 5.69 Å². The summed E-state index contributed by atoms with van der Waals surface area (Å²) in [4.78, 5) is 13.9. The molecule has 1 saturated carbocycles. The number of rotatable bonds is 2. The number of aromatic nitrogens is 1. The summed E-state index contributed by atoms with van der Waals surface area (Å²) in [5.41, 5.74) is 0.817. The molecule has 1 fully saturated rings. The van der Waals surface area contributed by atoms with Gasteiger partial charge >= 0.3 is 0 Å². The summed E-state index contributed by atoms with van der Waals surface area (Å²) in [5.74, 6) is -0.0258. The van der Waals surface area contributed by atoms with Crippen LogP contribution in [0.5, 0.6) is 0 Å². The topological polar surface area (TPSA) is 30.0 Å². The summed E-state index contributed by atoms with van der Waals surface area (Å²) < 4.78 is 12.9. The Morgan fingerprint density at radius 1 is 1.58 bits per heavy atom. The fourth-order valence-corrected chi connectivity index (χ4v) is 1.19. The van der Waals surface area contributed by atoms with E-state index in [2.05, 4.69) is 4.98 Å². The molecular formula is C9H8FNO. The van der Waals surface area contributed by atoms with Gasteiger partial charge in [-0.1, -0.05) is 0 Å². The summed E-state index contributed by atoms with van der Waals surface area (Å²) in [5, 5.41) is 0. The Kier molecular flexibility index (Phi) is 1.64. The van der Waals surface area contributed by atoms with Crippen LogP contribution in [0.15, 0.2) is 12.3 Å². The van der Waals surface area contributed by atoms with Crippen molar-refractivity contribution in [2.45, 2.75) is 18.8 Å². The van der Waals surface area contributed by atoms with E-state index >= 15 is 0 Å². The minimum Gasteiger partial charge on any atom is -0.296 e. The van der Waals surface area contributed by atoms with Crippen LogP contribution in [-0.2, 0) is 0 Å². The molecule has 3 heteroatoms. The van der Waals surface area contributed by atoms with Crippen LogP contribution in [0.4, 0.5) is 4.39 Å². The summed E-state index contributed by atoms with van der Waals surface area (Å²) in [6, 6.07) is 1.41. The highest BCUT2D eigenvalue weighted by Gasteiger charge is 2.24. The number of aldehydes is 1. The van der Waals surface area contributed by atoms with E-state index in [4.69, 9.17) is 0 Å². The maximum atomic E-state index is 12.9. The van der Waals surface area contributed by atoms with Crippen LogP contribution in [0, 0.1) is 5.82 Å². The largest absolute Gasteiger partial charge is 0.296 e. The van der Waals surface area contributed by atoms with E-state index in [0.29, 0.717) is 12.2 Å². The highest BCUT2D eigenvalue weighted by molar-refractivity contribution is 5.72. The summed E-state index contributed by atoms with van der Waals surface area (Å²) >= 11 is 0. The first-order valence-electron chi connectivity index (χ1n) is 3.92. The van der Waals surface area contributed by atoms with Crippen LogP contribution >= 0.6 is 0 Å². The maximum absolute atomic E-state index is 12.9. The first-order chi connectivity index (χ1) is 5.81. The lowest BCUT2D eigenvalue weighted by molar-refractivity contribution is 0.111. The molecule has 0 N–H and O–H groups in total. The van der Waals surface area contributed by atoms with Crippen molar-refractivity contribution in [3.8, 4) is 0 Å². The molecule has 0 unspecified atom stereocenters. The standard InChI is InChI=1S/C9H8FNO/c10-8-3-7(6-1-2-6)4-11-9(8)5-12/h3-6H,1-2H2. The first-order valence-corrected chi connectivity index (χ1v) is 3.92. The highest BCUT2D eigenvalue weighted by Crippen LogP contribution is 2.39. The number of pyridine rings is 1. The molecule has 0 amide bonds. The van der Waals surface area contributed by atoms with Gasteiger partial charge < -0.3 is 0 Å². The molecule has 0 atom stereocenters. The predicted octanol–water partition coefficient (Wildman–Crippen LogP) is 1.91. The molecule has 1 aliphatic rings. The highest BCUT2D eigenvalue weighted by atomic mass is 19.1. The zero-order chi connectivity index (χ0) is 8.55. The Balaban J connectivity index is 2.36. The van der Waals surface area contributed by atoms with Crippen LogP contribution in [0.25, 0.3) is 0 Å². The normalized spacial score (nSPS) is 16.1. The van der Waals surface area contributed by atoms with E-state index in [1.54, 1.807) is 6.20 Å². The van der Waals surface area contributed by atoms with Gasteiger partial charge in [0.05, 0.1) is 0 Å². The lowest BCUT2D eigenvalue weighted by Crippen LogP contribution is -1.94. The second kappa shape index (κ2) is 2.66. The Hall–Kier alpha value is -1.25. The van der Waals surface area contributed by atoms with Gasteiger partial charge in [-0.3, -0.25) is 9.78 Å². The van der Waals surface area contributed by atoms with Gasteiger partial charge in [-0.05, 0) is 30.4 Å². The Labute approximate surface area is 69.4 Å². The number of hydrogen-bond donors (Lipinski definition) is 0. The minimum absolute atomic E-state index is 0.0978. The van der Waals surface area contributed by atoms with Crippen molar-refractivity contribution in [1.29, 1.82) is 0 Å². The molecular weight excluding hydrogens is 157 g/mol. The summed E-state index contributed by atoms with van der Waals surface area (Å²) in [6.45, 7) is 0. The van der Waals surface area contributed by atoms with Crippen molar-refractivity contribution in [2.75, 3.05) is 0 Å². The number of carbonyl (C=O) groups excluding carboxylic acids is 1. The number of halogens is 1. The number of hydrogen-bond acceptors (Lipinski definition) is 2. The lowest BCUT2D eigenvalue weighted by Gasteiger charge is -1.97. The van der Waals surface area contributed by atoms with Crippen molar-refractivity contribution in [1.82, 2.24) is 4.98 Å². The van der Waals surface area contributed by atoms with E-state index in [0.717, 1.165) is 18.4 Å². The average molecular weight is 165 g/mol. The molecule has 0 bridgehead atoms. The van der Waals surface area contributed by atoms with E-state index < -0.39 is 5.82 Å². The maximum Gasteiger partial charge on any atom is 0.171 e. The third-order valence-corrected chi connectivity index (χ3v) is 2.05. The fourth-order valence-electron chi connectivity index (χ4n) is 1.19. The monoisotopic (exact) mass is 165 g/mol. The zero-order valence-corrected chi connectivity index (χ0v) is 6.46. The molecule has 0 aromatic carbocycles. The van der Waals surface area contributed by atoms with E-state index in [-0.39, 0.29) is 5.69 Å². The van der Waals surface area contributed by atoms with E-state index in [1.165, 1.54) is 6.07 Å². The smallest absolute Gasteiger partial charge is 0.171 e. The minimum atomic E-state index is -0.505. The average Bonchev–Trinajstić information content (AvgIpc) is 2.86. The molecule has 1 aliphatic carbocycles. The Bertz CT molecular complexity index is 320.